The average Bonchev–Trinajstić information content (AvgIpc) is 3.86. The van der Waals surface area contributed by atoms with Gasteiger partial charge < -0.3 is 49.3 Å². The summed E-state index contributed by atoms with van der Waals surface area (Å²) < 4.78 is 30.8. The summed E-state index contributed by atoms with van der Waals surface area (Å²) in [4.78, 5) is 77.6. The highest BCUT2D eigenvalue weighted by Crippen LogP contribution is 2.46. The Balaban J connectivity index is 0.959. The normalized spacial score (nSPS) is 20.4. The van der Waals surface area contributed by atoms with Crippen molar-refractivity contribution in [2.45, 2.75) is 44.6 Å². The lowest BCUT2D eigenvalue weighted by Gasteiger charge is -2.26. The zero-order valence-corrected chi connectivity index (χ0v) is 38.4. The predicted octanol–water partition coefficient (Wildman–Crippen LogP) is 7.58. The maximum absolute atomic E-state index is 13.9. The first-order valence-electron chi connectivity index (χ1n) is 22.4. The Labute approximate surface area is 396 Å². The third kappa shape index (κ3) is 9.59. The van der Waals surface area contributed by atoms with Crippen molar-refractivity contribution in [1.29, 1.82) is 0 Å². The summed E-state index contributed by atoms with van der Waals surface area (Å²) in [5.41, 5.74) is 1.25. The largest absolute Gasteiger partial charge is 0.502 e. The second kappa shape index (κ2) is 18.9. The van der Waals surface area contributed by atoms with Crippen LogP contribution in [0.3, 0.4) is 0 Å². The monoisotopic (exact) mass is 943 g/mol. The molecule has 0 radical (unpaired) electrons. The fraction of sp³-hybridized carbons (Fsp3) is 0.196. The van der Waals surface area contributed by atoms with Crippen molar-refractivity contribution in [2.75, 3.05) is 41.0 Å². The van der Waals surface area contributed by atoms with Gasteiger partial charge in [0.05, 0.1) is 18.3 Å². The Hall–Kier alpha value is -8.03. The van der Waals surface area contributed by atoms with Crippen LogP contribution in [0.5, 0.6) is 11.5 Å². The van der Waals surface area contributed by atoms with E-state index in [1.165, 1.54) is 30.3 Å². The Bertz CT molecular complexity index is 3010. The molecule has 10 rings (SSSR count). The highest BCUT2D eigenvalue weighted by Gasteiger charge is 2.60. The molecule has 3 aliphatic heterocycles. The molecule has 5 amide bonds. The van der Waals surface area contributed by atoms with Crippen LogP contribution in [0, 0.1) is 0 Å². The van der Waals surface area contributed by atoms with Gasteiger partial charge in [-0.3, -0.25) is 24.0 Å². The zero-order chi connectivity index (χ0) is 47.6. The lowest BCUT2D eigenvalue weighted by atomic mass is 9.92. The number of pyridine rings is 2. The third-order valence-corrected chi connectivity index (χ3v) is 15.0. The molecule has 2 unspecified atom stereocenters. The number of hydrogen-bond acceptors (Lipinski definition) is 12. The summed E-state index contributed by atoms with van der Waals surface area (Å²) in [6.07, 6.45) is 0.263. The molecule has 17 nitrogen and oxygen atoms in total. The van der Waals surface area contributed by atoms with E-state index < -0.39 is 51.6 Å². The van der Waals surface area contributed by atoms with E-state index in [0.29, 0.717) is 35.1 Å². The summed E-state index contributed by atoms with van der Waals surface area (Å²) in [6.45, 7) is 3.32. The average molecular weight is 944 g/mol. The molecule has 3 aliphatic rings. The van der Waals surface area contributed by atoms with Crippen molar-refractivity contribution in [3.8, 4) is 22.6 Å². The van der Waals surface area contributed by atoms with E-state index in [0.717, 1.165) is 21.5 Å². The number of amides is 5. The molecule has 8 bridgehead atoms. The van der Waals surface area contributed by atoms with Crippen LogP contribution in [-0.2, 0) is 22.9 Å². The molecule has 4 atom stereocenters. The van der Waals surface area contributed by atoms with Crippen molar-refractivity contribution in [2.24, 2.45) is 0 Å². The molecule has 0 saturated carbocycles. The lowest BCUT2D eigenvalue weighted by molar-refractivity contribution is -0.118. The number of nitrogens with zero attached hydrogens (tertiary/aromatic N) is 2. The second-order valence-electron chi connectivity index (χ2n) is 16.8. The standard InChI is InChI=1S/C51H45N7O10Si/c1-29-48-30(2)67-69(66-29,68-48)23-9-22-52-49(61)33-24-34-26-35(25-33)51(63)58-43-17-8-15-41(54-43)56-45(60)28-65-39-21-19-32-11-4-6-13-37(32)47(39)46-36-12-5-3-10-31(36)18-20-38(46)64-27-44(59)55-40-14-7-16-42(53-40)57-50(34)62/h3-8,10-21,24-26,29-30,48H,9,22-23,27-28H2,1-2H3,(H,52,61)(H2,53,55,57,59,62)(H2,54,56,58,60,63)/t29-,30+,48?,69?. The smallest absolute Gasteiger partial charge is 0.483 e. The molecule has 348 valence electrons. The summed E-state index contributed by atoms with van der Waals surface area (Å²) in [6, 6.07) is 36.8. The maximum Gasteiger partial charge on any atom is 0.502 e. The number of aromatic nitrogens is 2. The minimum absolute atomic E-state index is 0.0282. The van der Waals surface area contributed by atoms with Gasteiger partial charge in [-0.2, -0.15) is 0 Å². The SMILES string of the molecule is C[C@@H]1O[Si]2(CCCNC(=O)c3cc4cc(c3)C(=O)Nc3cccc(n3)NC(=O)COc3ccc5ccccc5c3-c3c(ccc5ccccc35)OCC(=O)Nc3cccc(n3)NC4=O)OC1[C@@H](C)O2. The zero-order valence-electron chi connectivity index (χ0n) is 37.4. The van der Waals surface area contributed by atoms with Gasteiger partial charge in [-0.1, -0.05) is 72.8 Å². The molecule has 7 aromatic rings. The van der Waals surface area contributed by atoms with Crippen LogP contribution in [0.15, 0.2) is 127 Å². The fourth-order valence-corrected chi connectivity index (χ4v) is 12.1. The second-order valence-corrected chi connectivity index (χ2v) is 19.4. The van der Waals surface area contributed by atoms with E-state index in [4.69, 9.17) is 22.8 Å². The molecule has 5 heterocycles. The molecule has 18 heteroatoms. The number of carbonyl (C=O) groups excluding carboxylic acids is 5. The summed E-state index contributed by atoms with van der Waals surface area (Å²) >= 11 is 0. The van der Waals surface area contributed by atoms with Crippen LogP contribution >= 0.6 is 0 Å². The van der Waals surface area contributed by atoms with Gasteiger partial charge in [0.25, 0.3) is 29.5 Å². The first kappa shape index (κ1) is 44.8. The van der Waals surface area contributed by atoms with Gasteiger partial charge in [0.2, 0.25) is 0 Å². The fourth-order valence-electron chi connectivity index (χ4n) is 8.80. The first-order chi connectivity index (χ1) is 33.5. The Morgan fingerprint density at radius 2 is 1.07 bits per heavy atom. The number of benzene rings is 5. The van der Waals surface area contributed by atoms with E-state index in [1.54, 1.807) is 36.4 Å². The number of nitrogens with one attached hydrogen (secondary N) is 5. The minimum Gasteiger partial charge on any atom is -0.483 e. The summed E-state index contributed by atoms with van der Waals surface area (Å²) in [5.74, 6) is -1.84. The summed E-state index contributed by atoms with van der Waals surface area (Å²) in [7, 11) is -2.84. The number of carbonyl (C=O) groups is 5. The van der Waals surface area contributed by atoms with E-state index in [2.05, 4.69) is 36.6 Å². The molecule has 0 spiro atoms. The number of anilines is 4. The Morgan fingerprint density at radius 1 is 0.594 bits per heavy atom. The molecule has 2 fully saturated rings. The van der Waals surface area contributed by atoms with E-state index in [-0.39, 0.29) is 64.8 Å². The van der Waals surface area contributed by atoms with Gasteiger partial charge >= 0.3 is 8.80 Å². The highest BCUT2D eigenvalue weighted by atomic mass is 28.4. The number of fused-ring (bicyclic) bond motifs is 15. The van der Waals surface area contributed by atoms with Crippen LogP contribution in [-0.4, -0.2) is 86.4 Å². The van der Waals surface area contributed by atoms with Crippen molar-refractivity contribution < 1.29 is 46.7 Å². The third-order valence-electron chi connectivity index (χ3n) is 11.9. The van der Waals surface area contributed by atoms with Gasteiger partial charge in [0.1, 0.15) is 34.8 Å². The molecule has 5 aromatic carbocycles. The highest BCUT2D eigenvalue weighted by molar-refractivity contribution is 6.62. The van der Waals surface area contributed by atoms with Crippen molar-refractivity contribution >= 4 is 83.2 Å². The number of hydrogen-bond donors (Lipinski definition) is 5. The van der Waals surface area contributed by atoms with E-state index in [1.807, 2.05) is 74.5 Å². The van der Waals surface area contributed by atoms with Gasteiger partial charge in [-0.05, 0) is 96.4 Å². The molecular weight excluding hydrogens is 899 g/mol. The maximum atomic E-state index is 13.9. The van der Waals surface area contributed by atoms with Crippen LogP contribution in [0.1, 0.15) is 51.3 Å². The van der Waals surface area contributed by atoms with Crippen molar-refractivity contribution in [3.05, 3.63) is 144 Å². The van der Waals surface area contributed by atoms with Crippen LogP contribution in [0.25, 0.3) is 32.7 Å². The molecule has 0 aliphatic carbocycles. The van der Waals surface area contributed by atoms with Gasteiger partial charge in [-0.25, -0.2) is 9.97 Å². The number of rotatable bonds is 5. The van der Waals surface area contributed by atoms with E-state index >= 15 is 0 Å². The van der Waals surface area contributed by atoms with Gasteiger partial charge in [0.15, 0.2) is 13.2 Å². The molecule has 2 saturated heterocycles. The quantitative estimate of drug-likeness (QED) is 0.0834. The van der Waals surface area contributed by atoms with Crippen LogP contribution < -0.4 is 36.1 Å². The molecular formula is C51H45N7O10Si. The first-order valence-corrected chi connectivity index (χ1v) is 24.3. The van der Waals surface area contributed by atoms with Crippen LogP contribution in [0.4, 0.5) is 23.3 Å². The lowest BCUT2D eigenvalue weighted by Crippen LogP contribution is -2.44. The Morgan fingerprint density at radius 3 is 1.57 bits per heavy atom. The molecule has 69 heavy (non-hydrogen) atoms. The van der Waals surface area contributed by atoms with Crippen LogP contribution in [0.2, 0.25) is 6.04 Å². The number of ether oxygens (including phenoxy) is 2. The molecule has 5 N–H and O–H groups in total. The van der Waals surface area contributed by atoms with Gasteiger partial charge in [-0.15, -0.1) is 0 Å². The minimum atomic E-state index is -2.84. The van der Waals surface area contributed by atoms with Gasteiger partial charge in [0, 0.05) is 40.4 Å². The van der Waals surface area contributed by atoms with Crippen molar-refractivity contribution in [3.63, 3.8) is 0 Å². The van der Waals surface area contributed by atoms with E-state index in [9.17, 15) is 24.0 Å². The topological polar surface area (TPSA) is 217 Å². The predicted molar refractivity (Wildman–Crippen MR) is 259 cm³/mol. The van der Waals surface area contributed by atoms with Crippen molar-refractivity contribution in [1.82, 2.24) is 15.3 Å². The summed E-state index contributed by atoms with van der Waals surface area (Å²) in [5, 5.41) is 17.2. The molecule has 2 aromatic heterocycles. The Kier molecular flexibility index (Phi) is 12.3.